The lowest BCUT2D eigenvalue weighted by Gasteiger charge is -2.44. The molecule has 0 saturated carbocycles. The molecule has 0 radical (unpaired) electrons. The summed E-state index contributed by atoms with van der Waals surface area (Å²) in [5.74, 6) is 2.08. The second kappa shape index (κ2) is 8.44. The van der Waals surface area contributed by atoms with Gasteiger partial charge in [0.1, 0.15) is 5.75 Å². The van der Waals surface area contributed by atoms with E-state index in [0.29, 0.717) is 11.8 Å². The van der Waals surface area contributed by atoms with E-state index in [1.54, 1.807) is 13.2 Å². The van der Waals surface area contributed by atoms with Gasteiger partial charge in [-0.15, -0.1) is 0 Å². The second-order valence-corrected chi connectivity index (χ2v) is 8.96. The Labute approximate surface area is 178 Å². The summed E-state index contributed by atoms with van der Waals surface area (Å²) in [5, 5.41) is 0. The predicted molar refractivity (Wildman–Crippen MR) is 120 cm³/mol. The van der Waals surface area contributed by atoms with Crippen LogP contribution in [0.2, 0.25) is 0 Å². The van der Waals surface area contributed by atoms with Crippen molar-refractivity contribution in [2.45, 2.75) is 18.9 Å². The molecule has 2 atom stereocenters. The highest BCUT2D eigenvalue weighted by atomic mass is 16.5. The average molecular weight is 409 g/mol. The molecular weight excluding hydrogens is 376 g/mol. The fourth-order valence-corrected chi connectivity index (χ4v) is 5.56. The summed E-state index contributed by atoms with van der Waals surface area (Å²) in [7, 11) is 1.75. The smallest absolute Gasteiger partial charge is 0.250 e. The number of piperazine rings is 1. The quantitative estimate of drug-likeness (QED) is 0.758. The van der Waals surface area contributed by atoms with Gasteiger partial charge in [-0.3, -0.25) is 9.69 Å². The monoisotopic (exact) mass is 408 g/mol. The van der Waals surface area contributed by atoms with Crippen LogP contribution in [0.3, 0.4) is 0 Å². The van der Waals surface area contributed by atoms with E-state index >= 15 is 0 Å². The summed E-state index contributed by atoms with van der Waals surface area (Å²) in [4.78, 5) is 19.9. The van der Waals surface area contributed by atoms with Gasteiger partial charge in [-0.2, -0.15) is 0 Å². The van der Waals surface area contributed by atoms with E-state index in [0.717, 1.165) is 64.7 Å². The third-order valence-corrected chi connectivity index (χ3v) is 7.09. The van der Waals surface area contributed by atoms with Gasteiger partial charge in [0, 0.05) is 76.6 Å². The highest BCUT2D eigenvalue weighted by Crippen LogP contribution is 2.35. The Bertz CT molecular complexity index is 935. The number of rotatable bonds is 5. The van der Waals surface area contributed by atoms with Crippen molar-refractivity contribution in [3.8, 4) is 5.75 Å². The lowest BCUT2D eigenvalue weighted by atomic mass is 9.83. The van der Waals surface area contributed by atoms with E-state index < -0.39 is 0 Å². The van der Waals surface area contributed by atoms with Crippen LogP contribution in [-0.4, -0.2) is 73.8 Å². The lowest BCUT2D eigenvalue weighted by molar-refractivity contribution is 0.105. The van der Waals surface area contributed by atoms with Crippen LogP contribution in [-0.2, 0) is 6.54 Å². The Morgan fingerprint density at radius 3 is 2.53 bits per heavy atom. The Balaban J connectivity index is 1.14. The van der Waals surface area contributed by atoms with Gasteiger partial charge in [-0.25, -0.2) is 0 Å². The number of hydrogen-bond acceptors (Lipinski definition) is 5. The molecule has 0 amide bonds. The molecule has 3 aliphatic heterocycles. The lowest BCUT2D eigenvalue weighted by Crippen LogP contribution is -2.51. The first kappa shape index (κ1) is 19.6. The zero-order chi connectivity index (χ0) is 20.5. The number of piperidine rings is 1. The zero-order valence-electron chi connectivity index (χ0n) is 17.9. The van der Waals surface area contributed by atoms with E-state index in [2.05, 4.69) is 32.9 Å². The number of anilines is 1. The van der Waals surface area contributed by atoms with Gasteiger partial charge in [-0.1, -0.05) is 18.2 Å². The molecule has 30 heavy (non-hydrogen) atoms. The molecule has 3 aliphatic rings. The topological polar surface area (TPSA) is 41.0 Å². The van der Waals surface area contributed by atoms with Crippen LogP contribution in [0.15, 0.2) is 47.3 Å². The maximum atomic E-state index is 12.2. The molecule has 1 aromatic carbocycles. The summed E-state index contributed by atoms with van der Waals surface area (Å²) in [6.45, 7) is 9.62. The summed E-state index contributed by atoms with van der Waals surface area (Å²) < 4.78 is 7.56. The van der Waals surface area contributed by atoms with Crippen LogP contribution >= 0.6 is 0 Å². The van der Waals surface area contributed by atoms with Crippen LogP contribution < -0.4 is 15.2 Å². The number of nitrogens with zero attached hydrogens (tertiary/aromatic N) is 4. The molecule has 4 heterocycles. The molecule has 160 valence electrons. The molecule has 0 spiro atoms. The minimum atomic E-state index is 0.170. The Morgan fingerprint density at radius 1 is 0.900 bits per heavy atom. The fraction of sp³-hybridized carbons (Fsp3) is 0.542. The van der Waals surface area contributed by atoms with Crippen molar-refractivity contribution in [1.82, 2.24) is 14.4 Å². The van der Waals surface area contributed by atoms with E-state index in [1.165, 1.54) is 17.8 Å². The molecule has 0 aliphatic carbocycles. The van der Waals surface area contributed by atoms with Crippen molar-refractivity contribution >= 4 is 5.69 Å². The van der Waals surface area contributed by atoms with Crippen LogP contribution in [0.25, 0.3) is 0 Å². The summed E-state index contributed by atoms with van der Waals surface area (Å²) in [5.41, 5.74) is 2.62. The van der Waals surface area contributed by atoms with Gasteiger partial charge in [0.05, 0.1) is 12.8 Å². The first-order valence-electron chi connectivity index (χ1n) is 11.2. The van der Waals surface area contributed by atoms with Crippen molar-refractivity contribution in [3.05, 3.63) is 58.5 Å². The van der Waals surface area contributed by atoms with E-state index in [1.807, 2.05) is 22.8 Å². The normalized spacial score (nSPS) is 24.5. The molecule has 0 unspecified atom stereocenters. The Hall–Kier alpha value is -2.31. The maximum absolute atomic E-state index is 12.2. The molecule has 6 nitrogen and oxygen atoms in total. The zero-order valence-corrected chi connectivity index (χ0v) is 17.9. The first-order chi connectivity index (χ1) is 14.7. The van der Waals surface area contributed by atoms with Crippen LogP contribution in [0, 0.1) is 5.92 Å². The van der Waals surface area contributed by atoms with Crippen LogP contribution in [0.1, 0.15) is 18.0 Å². The summed E-state index contributed by atoms with van der Waals surface area (Å²) >= 11 is 0. The molecular formula is C24H32N4O2. The van der Waals surface area contributed by atoms with Crippen molar-refractivity contribution < 1.29 is 4.74 Å². The van der Waals surface area contributed by atoms with Crippen molar-refractivity contribution in [1.29, 1.82) is 0 Å². The highest BCUT2D eigenvalue weighted by Gasteiger charge is 2.34. The number of para-hydroxylation sites is 2. The number of fused-ring (bicyclic) bond motifs is 4. The van der Waals surface area contributed by atoms with Crippen molar-refractivity contribution in [3.63, 3.8) is 0 Å². The molecule has 1 aromatic heterocycles. The van der Waals surface area contributed by atoms with Crippen LogP contribution in [0.4, 0.5) is 5.69 Å². The van der Waals surface area contributed by atoms with Gasteiger partial charge >= 0.3 is 0 Å². The van der Waals surface area contributed by atoms with Gasteiger partial charge in [-0.05, 0) is 30.5 Å². The highest BCUT2D eigenvalue weighted by molar-refractivity contribution is 5.58. The molecule has 2 bridgehead atoms. The standard InChI is InChI=1S/C24H32N4O2/c1-30-23-7-3-2-5-22(23)27-13-11-25(12-14-27)9-10-26-16-19-15-20(18-26)21-6-4-8-24(29)28(21)17-19/h2-8,19-20H,9-18H2,1H3/t19-,20-/m1/s1. The minimum absolute atomic E-state index is 0.170. The first-order valence-corrected chi connectivity index (χ1v) is 11.2. The molecule has 2 aromatic rings. The molecule has 0 N–H and O–H groups in total. The van der Waals surface area contributed by atoms with Gasteiger partial charge in [0.2, 0.25) is 0 Å². The second-order valence-electron chi connectivity index (χ2n) is 8.96. The van der Waals surface area contributed by atoms with Crippen molar-refractivity contribution in [2.75, 3.05) is 64.4 Å². The average Bonchev–Trinajstić information content (AvgIpc) is 2.79. The Morgan fingerprint density at radius 2 is 1.70 bits per heavy atom. The van der Waals surface area contributed by atoms with E-state index in [4.69, 9.17) is 4.74 Å². The number of pyridine rings is 1. The third kappa shape index (κ3) is 3.86. The molecule has 2 saturated heterocycles. The number of aromatic nitrogens is 1. The van der Waals surface area contributed by atoms with Gasteiger partial charge < -0.3 is 19.1 Å². The largest absolute Gasteiger partial charge is 0.495 e. The number of likely N-dealkylation sites (tertiary alicyclic amines) is 1. The fourth-order valence-electron chi connectivity index (χ4n) is 5.56. The molecule has 6 heteroatoms. The van der Waals surface area contributed by atoms with Gasteiger partial charge in [0.15, 0.2) is 0 Å². The van der Waals surface area contributed by atoms with E-state index in [9.17, 15) is 4.79 Å². The minimum Gasteiger partial charge on any atom is -0.495 e. The number of methoxy groups -OCH3 is 1. The maximum Gasteiger partial charge on any atom is 0.250 e. The molecule has 2 fully saturated rings. The van der Waals surface area contributed by atoms with E-state index in [-0.39, 0.29) is 5.56 Å². The van der Waals surface area contributed by atoms with Gasteiger partial charge in [0.25, 0.3) is 5.56 Å². The van der Waals surface area contributed by atoms with Crippen molar-refractivity contribution in [2.24, 2.45) is 5.92 Å². The number of hydrogen-bond donors (Lipinski definition) is 0. The molecule has 5 rings (SSSR count). The predicted octanol–water partition coefficient (Wildman–Crippen LogP) is 2.10. The third-order valence-electron chi connectivity index (χ3n) is 7.09. The Kier molecular flexibility index (Phi) is 5.52. The summed E-state index contributed by atoms with van der Waals surface area (Å²) in [6.07, 6.45) is 1.23. The SMILES string of the molecule is COc1ccccc1N1CCN(CCN2C[C@H]3C[C@H](C2)c2cccc(=O)n2C3)CC1. The summed E-state index contributed by atoms with van der Waals surface area (Å²) in [6, 6.07) is 14.1. The number of benzene rings is 1. The van der Waals surface area contributed by atoms with Crippen LogP contribution in [0.5, 0.6) is 5.75 Å². The number of ether oxygens (including phenoxy) is 1.